The first-order chi connectivity index (χ1) is 12.3. The molecule has 1 atom stereocenters. The Hall–Kier alpha value is -2.41. The van der Waals surface area contributed by atoms with Gasteiger partial charge in [-0.1, -0.05) is 33.2 Å². The molecule has 4 rings (SSSR count). The Morgan fingerprint density at radius 3 is 2.69 bits per heavy atom. The number of hydrogen-bond donors (Lipinski definition) is 1. The Kier molecular flexibility index (Phi) is 3.80. The third kappa shape index (κ3) is 2.58. The van der Waals surface area contributed by atoms with Gasteiger partial charge in [0, 0.05) is 16.6 Å². The minimum absolute atomic E-state index is 0.0767. The fourth-order valence-corrected chi connectivity index (χ4v) is 3.84. The number of ketones is 1. The number of benzene rings is 1. The molecule has 1 N–H and O–H groups in total. The van der Waals surface area contributed by atoms with Crippen LogP contribution in [-0.2, 0) is 4.79 Å². The van der Waals surface area contributed by atoms with E-state index >= 15 is 0 Å². The van der Waals surface area contributed by atoms with Crippen molar-refractivity contribution in [3.05, 3.63) is 51.8 Å². The Bertz CT molecular complexity index is 943. The highest BCUT2D eigenvalue weighted by Crippen LogP contribution is 2.36. The lowest BCUT2D eigenvalue weighted by molar-refractivity contribution is -0.117. The van der Waals surface area contributed by atoms with Crippen LogP contribution >= 0.6 is 15.9 Å². The number of halogens is 1. The van der Waals surface area contributed by atoms with E-state index in [-0.39, 0.29) is 11.7 Å². The van der Waals surface area contributed by atoms with Crippen LogP contribution in [0.2, 0.25) is 0 Å². The van der Waals surface area contributed by atoms with E-state index in [1.165, 1.54) is 0 Å². The number of Topliss-reactive ketones (excluding diaryl/α,β-unsaturated/α-hetero) is 1. The summed E-state index contributed by atoms with van der Waals surface area (Å²) in [5.41, 5.74) is 1.91. The highest BCUT2D eigenvalue weighted by atomic mass is 79.9. The summed E-state index contributed by atoms with van der Waals surface area (Å²) in [6, 6.07) is 7.57. The predicted octanol–water partition coefficient (Wildman–Crippen LogP) is 3.28. The lowest BCUT2D eigenvalue weighted by Crippen LogP contribution is -2.46. The number of nitrogens with one attached hydrogen (secondary N) is 1. The van der Waals surface area contributed by atoms with E-state index in [2.05, 4.69) is 26.4 Å². The van der Waals surface area contributed by atoms with Crippen LogP contribution in [0.4, 0.5) is 0 Å². The van der Waals surface area contributed by atoms with Crippen molar-refractivity contribution in [2.75, 3.05) is 6.54 Å². The smallest absolute Gasteiger partial charge is 0.269 e. The molecule has 1 unspecified atom stereocenters. The first kappa shape index (κ1) is 17.0. The maximum Gasteiger partial charge on any atom is 0.269 e. The van der Waals surface area contributed by atoms with Crippen LogP contribution in [-0.4, -0.2) is 34.0 Å². The van der Waals surface area contributed by atoms with Gasteiger partial charge in [0.15, 0.2) is 5.78 Å². The van der Waals surface area contributed by atoms with Gasteiger partial charge in [0.25, 0.3) is 5.91 Å². The third-order valence-corrected chi connectivity index (χ3v) is 5.45. The van der Waals surface area contributed by atoms with Gasteiger partial charge in [-0.05, 0) is 39.0 Å². The summed E-state index contributed by atoms with van der Waals surface area (Å²) in [5, 5.41) is 7.01. The van der Waals surface area contributed by atoms with Gasteiger partial charge in [-0.2, -0.15) is 0 Å². The van der Waals surface area contributed by atoms with Gasteiger partial charge < -0.3 is 14.7 Å². The average Bonchev–Trinajstić information content (AvgIpc) is 3.24. The Morgan fingerprint density at radius 2 is 2.04 bits per heavy atom. The number of amides is 1. The molecule has 0 saturated carbocycles. The fraction of sp³-hybridized carbons (Fsp3) is 0.316. The van der Waals surface area contributed by atoms with Gasteiger partial charge >= 0.3 is 0 Å². The van der Waals surface area contributed by atoms with Crippen LogP contribution < -0.4 is 5.32 Å². The zero-order chi connectivity index (χ0) is 18.6. The lowest BCUT2D eigenvalue weighted by atomic mass is 9.94. The van der Waals surface area contributed by atoms with Crippen LogP contribution in [0.3, 0.4) is 0 Å². The van der Waals surface area contributed by atoms with Gasteiger partial charge in [-0.15, -0.1) is 0 Å². The van der Waals surface area contributed by atoms with E-state index in [9.17, 15) is 9.59 Å². The Morgan fingerprint density at radius 1 is 1.35 bits per heavy atom. The van der Waals surface area contributed by atoms with Crippen molar-refractivity contribution in [1.82, 2.24) is 15.4 Å². The minimum Gasteiger partial charge on any atom is -0.360 e. The molecule has 26 heavy (non-hydrogen) atoms. The van der Waals surface area contributed by atoms with Crippen LogP contribution in [0.15, 0.2) is 45.0 Å². The molecular formula is C19H18BrN3O3. The van der Waals surface area contributed by atoms with Crippen molar-refractivity contribution in [2.45, 2.75) is 26.4 Å². The van der Waals surface area contributed by atoms with Crippen molar-refractivity contribution in [3.63, 3.8) is 0 Å². The Balaban J connectivity index is 1.70. The number of hydrogen-bond acceptors (Lipinski definition) is 5. The molecule has 0 spiro atoms. The summed E-state index contributed by atoms with van der Waals surface area (Å²) in [6.45, 7) is 6.06. The zero-order valence-corrected chi connectivity index (χ0v) is 16.3. The van der Waals surface area contributed by atoms with E-state index in [0.717, 1.165) is 10.0 Å². The molecule has 0 aliphatic carbocycles. The summed E-state index contributed by atoms with van der Waals surface area (Å²) in [6.07, 6.45) is 1.75. The maximum absolute atomic E-state index is 13.2. The van der Waals surface area contributed by atoms with Crippen molar-refractivity contribution in [2.24, 2.45) is 5.92 Å². The second-order valence-corrected chi connectivity index (χ2v) is 8.03. The quantitative estimate of drug-likeness (QED) is 0.778. The highest BCUT2D eigenvalue weighted by Gasteiger charge is 2.46. The number of carbonyl (C=O) groups excluding carboxylic acids is 2. The van der Waals surface area contributed by atoms with Crippen molar-refractivity contribution < 1.29 is 14.1 Å². The van der Waals surface area contributed by atoms with Crippen LogP contribution in [0.25, 0.3) is 11.3 Å². The average molecular weight is 416 g/mol. The molecule has 1 aromatic heterocycles. The highest BCUT2D eigenvalue weighted by molar-refractivity contribution is 9.10. The number of aryl methyl sites for hydroxylation is 1. The number of rotatable bonds is 3. The lowest BCUT2D eigenvalue weighted by Gasteiger charge is -2.30. The maximum atomic E-state index is 13.2. The van der Waals surface area contributed by atoms with Crippen LogP contribution in [0.1, 0.15) is 30.0 Å². The van der Waals surface area contributed by atoms with Gasteiger partial charge in [0.1, 0.15) is 22.8 Å². The van der Waals surface area contributed by atoms with Gasteiger partial charge in [-0.25, -0.2) is 0 Å². The second-order valence-electron chi connectivity index (χ2n) is 7.12. The molecule has 3 heterocycles. The standard InChI is InChI=1S/C19H18BrN3O3/c1-10-15(16(22-26-10)11-4-6-13(20)7-5-11)17(24)12-8-14-18(25)21-19(2,3)23(14)9-12/h4-8,12H,9H2,1-3H3,(H,21,25). The molecule has 0 radical (unpaired) electrons. The van der Waals surface area contributed by atoms with Crippen LogP contribution in [0, 0.1) is 12.8 Å². The van der Waals surface area contributed by atoms with E-state index in [1.54, 1.807) is 13.0 Å². The van der Waals surface area contributed by atoms with Crippen LogP contribution in [0.5, 0.6) is 0 Å². The van der Waals surface area contributed by atoms with E-state index in [1.807, 2.05) is 43.0 Å². The second kappa shape index (κ2) is 5.81. The predicted molar refractivity (Wildman–Crippen MR) is 99.2 cm³/mol. The number of carbonyl (C=O) groups is 2. The summed E-state index contributed by atoms with van der Waals surface area (Å²) >= 11 is 3.41. The van der Waals surface area contributed by atoms with E-state index in [4.69, 9.17) is 4.52 Å². The van der Waals surface area contributed by atoms with Gasteiger partial charge in [-0.3, -0.25) is 9.59 Å². The molecule has 1 amide bonds. The van der Waals surface area contributed by atoms with Crippen molar-refractivity contribution in [3.8, 4) is 11.3 Å². The molecule has 0 bridgehead atoms. The molecular weight excluding hydrogens is 398 g/mol. The van der Waals surface area contributed by atoms with Crippen molar-refractivity contribution >= 4 is 27.6 Å². The summed E-state index contributed by atoms with van der Waals surface area (Å²) in [5.74, 6) is -0.127. The summed E-state index contributed by atoms with van der Waals surface area (Å²) < 4.78 is 6.27. The molecule has 6 nitrogen and oxygen atoms in total. The molecule has 2 aliphatic rings. The Labute approximate surface area is 159 Å². The van der Waals surface area contributed by atoms with E-state index in [0.29, 0.717) is 29.3 Å². The summed E-state index contributed by atoms with van der Waals surface area (Å²) in [4.78, 5) is 27.3. The van der Waals surface area contributed by atoms with Gasteiger partial charge in [0.05, 0.1) is 11.5 Å². The topological polar surface area (TPSA) is 75.4 Å². The molecule has 2 aliphatic heterocycles. The normalized spacial score (nSPS) is 20.8. The number of nitrogens with zero attached hydrogens (tertiary/aromatic N) is 2. The number of aromatic nitrogens is 1. The van der Waals surface area contributed by atoms with E-state index < -0.39 is 11.6 Å². The molecule has 1 saturated heterocycles. The SMILES string of the molecule is Cc1onc(-c2ccc(Br)cc2)c1C(=O)C1C=C2C(=O)NC(C)(C)N2C1. The molecule has 2 aromatic rings. The third-order valence-electron chi connectivity index (χ3n) is 4.92. The first-order valence-corrected chi connectivity index (χ1v) is 9.15. The monoisotopic (exact) mass is 415 g/mol. The zero-order valence-electron chi connectivity index (χ0n) is 14.7. The molecule has 1 aromatic carbocycles. The molecule has 1 fully saturated rings. The molecule has 7 heteroatoms. The van der Waals surface area contributed by atoms with Crippen molar-refractivity contribution in [1.29, 1.82) is 0 Å². The minimum atomic E-state index is -0.490. The number of fused-ring (bicyclic) bond motifs is 1. The molecule has 134 valence electrons. The van der Waals surface area contributed by atoms with Gasteiger partial charge in [0.2, 0.25) is 0 Å². The first-order valence-electron chi connectivity index (χ1n) is 8.36. The fourth-order valence-electron chi connectivity index (χ4n) is 3.58. The summed E-state index contributed by atoms with van der Waals surface area (Å²) in [7, 11) is 0. The largest absolute Gasteiger partial charge is 0.360 e.